The normalized spacial score (nSPS) is 12.6. The van der Waals surface area contributed by atoms with Gasteiger partial charge in [0.05, 0.1) is 17.5 Å². The lowest BCUT2D eigenvalue weighted by atomic mass is 10.0. The average Bonchev–Trinajstić information content (AvgIpc) is 2.55. The van der Waals surface area contributed by atoms with Gasteiger partial charge in [0.25, 0.3) is 0 Å². The van der Waals surface area contributed by atoms with E-state index >= 15 is 0 Å². The van der Waals surface area contributed by atoms with E-state index in [1.807, 2.05) is 31.2 Å². The van der Waals surface area contributed by atoms with Crippen LogP contribution < -0.4 is 10.6 Å². The molecule has 24 heavy (non-hydrogen) atoms. The van der Waals surface area contributed by atoms with Gasteiger partial charge in [0, 0.05) is 18.0 Å². The lowest BCUT2D eigenvalue weighted by molar-refractivity contribution is 0.0776. The molecule has 0 amide bonds. The number of aryl methyl sites for hydroxylation is 1. The van der Waals surface area contributed by atoms with E-state index in [1.54, 1.807) is 20.1 Å². The summed E-state index contributed by atoms with van der Waals surface area (Å²) in [6, 6.07) is 7.93. The number of aliphatic hydroxyl groups is 1. The van der Waals surface area contributed by atoms with Crippen LogP contribution in [0, 0.1) is 6.92 Å². The van der Waals surface area contributed by atoms with Gasteiger partial charge in [0.1, 0.15) is 12.3 Å². The summed E-state index contributed by atoms with van der Waals surface area (Å²) in [7, 11) is 0. The lowest BCUT2D eigenvalue weighted by Gasteiger charge is -2.16. The molecule has 7 nitrogen and oxygen atoms in total. The highest BCUT2D eigenvalue weighted by Crippen LogP contribution is 2.18. The summed E-state index contributed by atoms with van der Waals surface area (Å²) >= 11 is 0. The quantitative estimate of drug-likeness (QED) is 0.480. The van der Waals surface area contributed by atoms with Crippen molar-refractivity contribution in [2.75, 3.05) is 6.61 Å². The van der Waals surface area contributed by atoms with Crippen molar-refractivity contribution in [3.63, 3.8) is 0 Å². The maximum Gasteiger partial charge on any atom is 0.316 e. The molecule has 0 aliphatic rings. The van der Waals surface area contributed by atoms with E-state index in [9.17, 15) is 5.11 Å². The van der Waals surface area contributed by atoms with E-state index in [1.165, 1.54) is 12.4 Å². The number of hydrogen-bond donors (Lipinski definition) is 2. The molecule has 1 heterocycles. The molecular formula is C17H21N5O2. The first-order valence-corrected chi connectivity index (χ1v) is 7.43. The van der Waals surface area contributed by atoms with Crippen LogP contribution >= 0.6 is 0 Å². The minimum Gasteiger partial charge on any atom is -0.457 e. The van der Waals surface area contributed by atoms with Crippen molar-refractivity contribution in [1.82, 2.24) is 9.97 Å². The standard InChI is InChI=1S/C17H21N5O2/c1-12-5-4-6-14(7-12)19-10-15(22-18)11-24-16-20-8-13(9-21-16)17(2,3)23/h4-10,23H,11,18H2,1-3H3. The summed E-state index contributed by atoms with van der Waals surface area (Å²) in [5.74, 6) is 5.36. The van der Waals surface area contributed by atoms with Crippen LogP contribution in [-0.2, 0) is 5.60 Å². The Hall–Kier alpha value is -2.80. The minimum atomic E-state index is -0.997. The second kappa shape index (κ2) is 7.65. The van der Waals surface area contributed by atoms with E-state index in [4.69, 9.17) is 10.6 Å². The molecule has 0 aliphatic carbocycles. The molecule has 0 saturated carbocycles. The van der Waals surface area contributed by atoms with Gasteiger partial charge in [0.2, 0.25) is 0 Å². The Morgan fingerprint density at radius 2 is 2.04 bits per heavy atom. The van der Waals surface area contributed by atoms with Crippen LogP contribution in [0.3, 0.4) is 0 Å². The van der Waals surface area contributed by atoms with Crippen molar-refractivity contribution < 1.29 is 9.84 Å². The smallest absolute Gasteiger partial charge is 0.316 e. The molecule has 1 aromatic carbocycles. The third-order valence-corrected chi connectivity index (χ3v) is 3.21. The second-order valence-corrected chi connectivity index (χ2v) is 5.82. The van der Waals surface area contributed by atoms with Gasteiger partial charge in [-0.2, -0.15) is 5.10 Å². The first-order chi connectivity index (χ1) is 11.4. The molecule has 2 rings (SSSR count). The van der Waals surface area contributed by atoms with Crippen LogP contribution in [0.25, 0.3) is 0 Å². The summed E-state index contributed by atoms with van der Waals surface area (Å²) in [4.78, 5) is 12.4. The maximum atomic E-state index is 9.86. The van der Waals surface area contributed by atoms with Crippen molar-refractivity contribution in [1.29, 1.82) is 0 Å². The van der Waals surface area contributed by atoms with Crippen LogP contribution in [-0.4, -0.2) is 33.6 Å². The number of ether oxygens (including phenoxy) is 1. The topological polar surface area (TPSA) is 106 Å². The molecule has 0 atom stereocenters. The molecule has 126 valence electrons. The number of nitrogens with zero attached hydrogens (tertiary/aromatic N) is 4. The van der Waals surface area contributed by atoms with Crippen molar-refractivity contribution in [2.45, 2.75) is 26.4 Å². The Kier molecular flexibility index (Phi) is 5.59. The predicted molar refractivity (Wildman–Crippen MR) is 93.7 cm³/mol. The van der Waals surface area contributed by atoms with Gasteiger partial charge in [0.15, 0.2) is 0 Å². The Balaban J connectivity index is 1.96. The van der Waals surface area contributed by atoms with Gasteiger partial charge in [-0.25, -0.2) is 9.97 Å². The van der Waals surface area contributed by atoms with Crippen LogP contribution in [0.4, 0.5) is 5.69 Å². The number of benzene rings is 1. The highest BCUT2D eigenvalue weighted by Gasteiger charge is 2.16. The first-order valence-electron chi connectivity index (χ1n) is 7.43. The highest BCUT2D eigenvalue weighted by molar-refractivity contribution is 6.31. The zero-order chi connectivity index (χ0) is 17.6. The number of hydrogen-bond acceptors (Lipinski definition) is 7. The van der Waals surface area contributed by atoms with Gasteiger partial charge in [-0.1, -0.05) is 12.1 Å². The zero-order valence-electron chi connectivity index (χ0n) is 14.0. The number of nitrogens with two attached hydrogens (primary N) is 1. The molecule has 3 N–H and O–H groups in total. The largest absolute Gasteiger partial charge is 0.457 e. The lowest BCUT2D eigenvalue weighted by Crippen LogP contribution is -2.18. The van der Waals surface area contributed by atoms with Crippen molar-refractivity contribution in [3.05, 3.63) is 47.8 Å². The molecule has 1 aromatic heterocycles. The molecule has 0 unspecified atom stereocenters. The molecular weight excluding hydrogens is 306 g/mol. The molecule has 0 radical (unpaired) electrons. The number of rotatable bonds is 6. The van der Waals surface area contributed by atoms with Gasteiger partial charge in [-0.3, -0.25) is 4.99 Å². The summed E-state index contributed by atoms with van der Waals surface area (Å²) in [6.07, 6.45) is 4.57. The van der Waals surface area contributed by atoms with E-state index in [0.717, 1.165) is 11.3 Å². The molecule has 0 spiro atoms. The number of aliphatic imine (C=N–C) groups is 1. The summed E-state index contributed by atoms with van der Waals surface area (Å²) in [5, 5.41) is 13.5. The molecule has 7 heteroatoms. The predicted octanol–water partition coefficient (Wildman–Crippen LogP) is 2.11. The SMILES string of the molecule is Cc1cccc(N=CC(COc2ncc(C(C)(C)O)cn2)=NN)c1. The fourth-order valence-electron chi connectivity index (χ4n) is 1.81. The van der Waals surface area contributed by atoms with E-state index in [-0.39, 0.29) is 12.6 Å². The van der Waals surface area contributed by atoms with Crippen molar-refractivity contribution in [2.24, 2.45) is 15.9 Å². The fourth-order valence-corrected chi connectivity index (χ4v) is 1.81. The zero-order valence-corrected chi connectivity index (χ0v) is 14.0. The third-order valence-electron chi connectivity index (χ3n) is 3.21. The average molecular weight is 327 g/mol. The summed E-state index contributed by atoms with van der Waals surface area (Å²) in [6.45, 7) is 5.41. The Morgan fingerprint density at radius 3 is 2.62 bits per heavy atom. The Morgan fingerprint density at radius 1 is 1.33 bits per heavy atom. The third kappa shape index (κ3) is 5.13. The monoisotopic (exact) mass is 327 g/mol. The molecule has 2 aromatic rings. The Bertz CT molecular complexity index is 733. The summed E-state index contributed by atoms with van der Waals surface area (Å²) in [5.41, 5.74) is 1.98. The summed E-state index contributed by atoms with van der Waals surface area (Å²) < 4.78 is 5.43. The van der Waals surface area contributed by atoms with Gasteiger partial charge >= 0.3 is 6.01 Å². The van der Waals surface area contributed by atoms with E-state index in [2.05, 4.69) is 20.1 Å². The maximum absolute atomic E-state index is 9.86. The van der Waals surface area contributed by atoms with Crippen molar-refractivity contribution >= 4 is 17.6 Å². The number of hydrazone groups is 1. The molecule has 0 saturated heterocycles. The van der Waals surface area contributed by atoms with Crippen LogP contribution in [0.15, 0.2) is 46.8 Å². The van der Waals surface area contributed by atoms with Gasteiger partial charge < -0.3 is 15.7 Å². The van der Waals surface area contributed by atoms with E-state index in [0.29, 0.717) is 11.3 Å². The van der Waals surface area contributed by atoms with Gasteiger partial charge in [-0.15, -0.1) is 0 Å². The Labute approximate surface area is 140 Å². The van der Waals surface area contributed by atoms with Crippen LogP contribution in [0.1, 0.15) is 25.0 Å². The van der Waals surface area contributed by atoms with E-state index < -0.39 is 5.60 Å². The minimum absolute atomic E-state index is 0.0910. The van der Waals surface area contributed by atoms with Gasteiger partial charge in [-0.05, 0) is 38.5 Å². The highest BCUT2D eigenvalue weighted by atomic mass is 16.5. The fraction of sp³-hybridized carbons (Fsp3) is 0.294. The van der Waals surface area contributed by atoms with Crippen LogP contribution in [0.5, 0.6) is 6.01 Å². The first kappa shape index (κ1) is 17.6. The molecule has 0 bridgehead atoms. The second-order valence-electron chi connectivity index (χ2n) is 5.82. The van der Waals surface area contributed by atoms with Crippen molar-refractivity contribution in [3.8, 4) is 6.01 Å². The van der Waals surface area contributed by atoms with Crippen LogP contribution in [0.2, 0.25) is 0 Å². The molecule has 0 aliphatic heterocycles. The molecule has 0 fully saturated rings. The number of aromatic nitrogens is 2.